The zero-order valence-corrected chi connectivity index (χ0v) is 14.7. The van der Waals surface area contributed by atoms with Gasteiger partial charge in [-0.15, -0.1) is 0 Å². The molecule has 0 saturated heterocycles. The fraction of sp³-hybridized carbons (Fsp3) is 1.00. The first-order chi connectivity index (χ1) is 6.36. The molecule has 0 fully saturated rings. The first kappa shape index (κ1) is 25.2. The predicted octanol–water partition coefficient (Wildman–Crippen LogP) is 3.16. The molecule has 0 rings (SSSR count). The van der Waals surface area contributed by atoms with Gasteiger partial charge in [-0.05, 0) is 47.8 Å². The molecule has 0 aromatic rings. The SMILES string of the molecule is CN(C)[Si](C)(C)C.CNC.C[Si](C)(C)F.F. The summed E-state index contributed by atoms with van der Waals surface area (Å²) in [6.45, 7) is 12.0. The summed E-state index contributed by atoms with van der Waals surface area (Å²) in [6, 6.07) is 0. The summed E-state index contributed by atoms with van der Waals surface area (Å²) in [5.41, 5.74) is 0. The molecule has 104 valence electrons. The molecular weight excluding hydrogens is 242 g/mol. The normalized spacial score (nSPS) is 10.5. The number of nitrogens with one attached hydrogen (secondary N) is 1. The fourth-order valence-electron chi connectivity index (χ4n) is 0. The van der Waals surface area contributed by atoms with E-state index in [2.05, 4.69) is 43.6 Å². The van der Waals surface area contributed by atoms with E-state index in [1.807, 2.05) is 14.1 Å². The number of rotatable bonds is 1. The Hall–Kier alpha value is 0.214. The van der Waals surface area contributed by atoms with Crippen LogP contribution in [0.15, 0.2) is 0 Å². The van der Waals surface area contributed by atoms with Crippen molar-refractivity contribution in [2.45, 2.75) is 39.3 Å². The third-order valence-corrected chi connectivity index (χ3v) is 4.02. The minimum absolute atomic E-state index is 0. The van der Waals surface area contributed by atoms with Crippen LogP contribution in [0.5, 0.6) is 0 Å². The van der Waals surface area contributed by atoms with Crippen LogP contribution in [0.2, 0.25) is 39.3 Å². The molecule has 0 unspecified atom stereocenters. The van der Waals surface area contributed by atoms with E-state index in [-0.39, 0.29) is 4.70 Å². The first-order valence-corrected chi connectivity index (χ1v) is 12.1. The van der Waals surface area contributed by atoms with Gasteiger partial charge in [0.05, 0.1) is 0 Å². The van der Waals surface area contributed by atoms with Crippen LogP contribution in [0.3, 0.4) is 0 Å². The maximum absolute atomic E-state index is 11.8. The molecule has 0 aliphatic heterocycles. The largest absolute Gasteiger partial charge is 0.329 e. The van der Waals surface area contributed by atoms with Crippen molar-refractivity contribution in [1.82, 2.24) is 9.88 Å². The van der Waals surface area contributed by atoms with Gasteiger partial charge in [0.15, 0.2) is 0 Å². The van der Waals surface area contributed by atoms with E-state index < -0.39 is 16.6 Å². The lowest BCUT2D eigenvalue weighted by atomic mass is 11.3. The minimum Gasteiger partial charge on any atom is -0.329 e. The van der Waals surface area contributed by atoms with Gasteiger partial charge in [-0.2, -0.15) is 0 Å². The van der Waals surface area contributed by atoms with Crippen molar-refractivity contribution in [3.8, 4) is 0 Å². The topological polar surface area (TPSA) is 15.3 Å². The molecule has 0 aromatic carbocycles. The Morgan fingerprint density at radius 3 is 0.938 bits per heavy atom. The van der Waals surface area contributed by atoms with Crippen LogP contribution >= 0.6 is 0 Å². The highest BCUT2D eigenvalue weighted by Crippen LogP contribution is 2.01. The Labute approximate surface area is 103 Å². The molecule has 0 atom stereocenters. The number of nitrogens with zero attached hydrogens (tertiary/aromatic N) is 1. The molecule has 1 N–H and O–H groups in total. The Kier molecular flexibility index (Phi) is 18.4. The molecule has 0 amide bonds. The second-order valence-electron chi connectivity index (χ2n) is 5.63. The van der Waals surface area contributed by atoms with Crippen molar-refractivity contribution in [2.24, 2.45) is 0 Å². The molecule has 0 saturated carbocycles. The van der Waals surface area contributed by atoms with Crippen LogP contribution in [0.4, 0.5) is 8.81 Å². The van der Waals surface area contributed by atoms with Crippen molar-refractivity contribution < 1.29 is 8.81 Å². The molecule has 0 spiro atoms. The predicted molar refractivity (Wildman–Crippen MR) is 79.0 cm³/mol. The second kappa shape index (κ2) is 11.7. The molecule has 2 nitrogen and oxygen atoms in total. The molecule has 0 aromatic heterocycles. The van der Waals surface area contributed by atoms with E-state index in [4.69, 9.17) is 0 Å². The van der Waals surface area contributed by atoms with Crippen LogP contribution in [0.25, 0.3) is 0 Å². The first-order valence-electron chi connectivity index (χ1n) is 5.31. The molecule has 0 aliphatic rings. The van der Waals surface area contributed by atoms with Gasteiger partial charge in [0.1, 0.15) is 8.24 Å². The van der Waals surface area contributed by atoms with E-state index >= 15 is 0 Å². The highest BCUT2D eigenvalue weighted by atomic mass is 28.4. The monoisotopic (exact) mass is 274 g/mol. The number of hydrogen-bond acceptors (Lipinski definition) is 2. The molecule has 0 bridgehead atoms. The molecular formula is C10H32F2N2Si2. The summed E-state index contributed by atoms with van der Waals surface area (Å²) < 4.78 is 14.2. The van der Waals surface area contributed by atoms with Crippen molar-refractivity contribution in [3.63, 3.8) is 0 Å². The maximum atomic E-state index is 11.8. The molecule has 0 radical (unpaired) electrons. The van der Waals surface area contributed by atoms with Crippen molar-refractivity contribution in [2.75, 3.05) is 28.2 Å². The van der Waals surface area contributed by atoms with Gasteiger partial charge in [-0.1, -0.05) is 19.6 Å². The van der Waals surface area contributed by atoms with Crippen molar-refractivity contribution in [1.29, 1.82) is 0 Å². The van der Waals surface area contributed by atoms with Crippen LogP contribution < -0.4 is 5.32 Å². The van der Waals surface area contributed by atoms with E-state index in [9.17, 15) is 4.11 Å². The molecule has 6 heteroatoms. The Morgan fingerprint density at radius 2 is 0.938 bits per heavy atom. The van der Waals surface area contributed by atoms with Gasteiger partial charge in [-0.25, -0.2) is 0 Å². The standard InChI is InChI=1S/C5H15NSi.C3H9FSi.C2H7N.FH/c1-6(2)7(3,4)5;1-5(2,3)4;1-3-2;/h1-5H3;1-3H3;3H,1-2H3;1H. The van der Waals surface area contributed by atoms with E-state index in [1.165, 1.54) is 0 Å². The molecule has 0 aliphatic carbocycles. The lowest BCUT2D eigenvalue weighted by molar-refractivity contribution is 0.627. The molecule has 16 heavy (non-hydrogen) atoms. The summed E-state index contributed by atoms with van der Waals surface area (Å²) in [5, 5.41) is 2.75. The van der Waals surface area contributed by atoms with Crippen LogP contribution in [-0.2, 0) is 0 Å². The smallest absolute Gasteiger partial charge is 0.237 e. The van der Waals surface area contributed by atoms with Gasteiger partial charge in [-0.3, -0.25) is 4.70 Å². The minimum atomic E-state index is -2.11. The van der Waals surface area contributed by atoms with Crippen molar-refractivity contribution in [3.05, 3.63) is 0 Å². The highest BCUT2D eigenvalue weighted by Gasteiger charge is 2.14. The van der Waals surface area contributed by atoms with Crippen molar-refractivity contribution >= 4 is 16.6 Å². The summed E-state index contributed by atoms with van der Waals surface area (Å²) in [5.74, 6) is 0. The third-order valence-electron chi connectivity index (χ3n) is 1.34. The fourth-order valence-corrected chi connectivity index (χ4v) is 0. The maximum Gasteiger partial charge on any atom is 0.237 e. The van der Waals surface area contributed by atoms with Gasteiger partial charge >= 0.3 is 0 Å². The lowest BCUT2D eigenvalue weighted by Gasteiger charge is -2.24. The Morgan fingerprint density at radius 1 is 0.875 bits per heavy atom. The van der Waals surface area contributed by atoms with Gasteiger partial charge < -0.3 is 14.0 Å². The van der Waals surface area contributed by atoms with E-state index in [1.54, 1.807) is 19.6 Å². The second-order valence-corrected chi connectivity index (χ2v) is 15.0. The summed E-state index contributed by atoms with van der Waals surface area (Å²) in [6.07, 6.45) is 0. The van der Waals surface area contributed by atoms with Gasteiger partial charge in [0, 0.05) is 0 Å². The Bertz CT molecular complexity index is 126. The summed E-state index contributed by atoms with van der Waals surface area (Å²) in [7, 11) is 5.03. The average Bonchev–Trinajstić information content (AvgIpc) is 1.81. The summed E-state index contributed by atoms with van der Waals surface area (Å²) in [4.78, 5) is 0. The van der Waals surface area contributed by atoms with Gasteiger partial charge in [0.25, 0.3) is 0 Å². The number of hydrogen-bond donors (Lipinski definition) is 1. The zero-order chi connectivity index (χ0) is 13.3. The van der Waals surface area contributed by atoms with Crippen LogP contribution in [0.1, 0.15) is 0 Å². The van der Waals surface area contributed by atoms with Crippen LogP contribution in [0, 0.1) is 0 Å². The summed E-state index contributed by atoms with van der Waals surface area (Å²) >= 11 is 0. The zero-order valence-electron chi connectivity index (χ0n) is 12.7. The Balaban J connectivity index is -0.0000000710. The van der Waals surface area contributed by atoms with E-state index in [0.717, 1.165) is 0 Å². The quantitative estimate of drug-likeness (QED) is 0.584. The van der Waals surface area contributed by atoms with E-state index in [0.29, 0.717) is 0 Å². The highest BCUT2D eigenvalue weighted by molar-refractivity contribution is 6.73. The average molecular weight is 275 g/mol. The van der Waals surface area contributed by atoms with Crippen LogP contribution in [-0.4, -0.2) is 49.4 Å². The number of halogens is 2. The molecule has 0 heterocycles. The lowest BCUT2D eigenvalue weighted by Crippen LogP contribution is -2.39. The van der Waals surface area contributed by atoms with Gasteiger partial charge in [0.2, 0.25) is 8.41 Å². The third kappa shape index (κ3) is 64.3.